The van der Waals surface area contributed by atoms with Gasteiger partial charge in [0.25, 0.3) is 5.91 Å². The fourth-order valence-corrected chi connectivity index (χ4v) is 5.81. The molecule has 0 saturated carbocycles. The second kappa shape index (κ2) is 13.1. The van der Waals surface area contributed by atoms with Crippen LogP contribution in [0.4, 0.5) is 5.69 Å². The number of carbonyl (C=O) groups excluding carboxylic acids is 1. The van der Waals surface area contributed by atoms with Gasteiger partial charge in [0, 0.05) is 33.4 Å². The fraction of sp³-hybridized carbons (Fsp3) is 0.212. The minimum Gasteiger partial charge on any atom is -0.478 e. The minimum absolute atomic E-state index is 0.00187. The number of carboxylic acids is 1. The van der Waals surface area contributed by atoms with Gasteiger partial charge in [0.15, 0.2) is 6.29 Å². The molecule has 8 heteroatoms. The van der Waals surface area contributed by atoms with E-state index in [1.807, 2.05) is 66.7 Å². The summed E-state index contributed by atoms with van der Waals surface area (Å²) in [6, 6.07) is 31.0. The van der Waals surface area contributed by atoms with Crippen LogP contribution >= 0.6 is 11.8 Å². The van der Waals surface area contributed by atoms with Crippen molar-refractivity contribution in [3.63, 3.8) is 0 Å². The molecule has 0 radical (unpaired) electrons. The SMILES string of the molecule is CC1C(CSc2ccc(C(=O)O)cc2)OC(c2cccc(NC(=O)c3ccccc3)c2)OC1c1ccc(CO)cc1. The third-order valence-electron chi connectivity index (χ3n) is 7.09. The molecule has 210 valence electrons. The van der Waals surface area contributed by atoms with Crippen molar-refractivity contribution in [1.82, 2.24) is 0 Å². The topological polar surface area (TPSA) is 105 Å². The second-order valence-electron chi connectivity index (χ2n) is 9.91. The Hall–Kier alpha value is -3.95. The summed E-state index contributed by atoms with van der Waals surface area (Å²) in [5, 5.41) is 21.6. The number of carbonyl (C=O) groups is 2. The monoisotopic (exact) mass is 569 g/mol. The summed E-state index contributed by atoms with van der Waals surface area (Å²) in [5.41, 5.74) is 4.03. The lowest BCUT2D eigenvalue weighted by atomic mass is 9.91. The van der Waals surface area contributed by atoms with E-state index in [1.54, 1.807) is 48.2 Å². The van der Waals surface area contributed by atoms with Crippen LogP contribution in [-0.2, 0) is 16.1 Å². The molecule has 4 unspecified atom stereocenters. The molecule has 0 aromatic heterocycles. The minimum atomic E-state index is -0.956. The van der Waals surface area contributed by atoms with Gasteiger partial charge in [-0.05, 0) is 59.7 Å². The number of amides is 1. The number of hydrogen-bond donors (Lipinski definition) is 3. The molecule has 4 atom stereocenters. The van der Waals surface area contributed by atoms with Gasteiger partial charge in [-0.2, -0.15) is 0 Å². The van der Waals surface area contributed by atoms with Crippen LogP contribution in [0.25, 0.3) is 0 Å². The third kappa shape index (κ3) is 7.04. The van der Waals surface area contributed by atoms with Crippen LogP contribution in [0, 0.1) is 5.92 Å². The Balaban J connectivity index is 1.37. The van der Waals surface area contributed by atoms with Crippen LogP contribution in [0.15, 0.2) is 108 Å². The molecule has 4 aromatic rings. The van der Waals surface area contributed by atoms with Crippen molar-refractivity contribution in [2.75, 3.05) is 11.1 Å². The van der Waals surface area contributed by atoms with Gasteiger partial charge in [-0.1, -0.05) is 61.5 Å². The molecule has 1 aliphatic rings. The largest absolute Gasteiger partial charge is 0.478 e. The van der Waals surface area contributed by atoms with Gasteiger partial charge in [-0.3, -0.25) is 4.79 Å². The van der Waals surface area contributed by atoms with Crippen LogP contribution in [-0.4, -0.2) is 33.9 Å². The zero-order chi connectivity index (χ0) is 28.8. The van der Waals surface area contributed by atoms with Gasteiger partial charge >= 0.3 is 5.97 Å². The summed E-state index contributed by atoms with van der Waals surface area (Å²) in [6.45, 7) is 2.06. The molecule has 1 fully saturated rings. The normalized spacial score (nSPS) is 20.3. The first-order chi connectivity index (χ1) is 19.9. The zero-order valence-electron chi connectivity index (χ0n) is 22.5. The molecule has 1 heterocycles. The highest BCUT2D eigenvalue weighted by atomic mass is 32.2. The van der Waals surface area contributed by atoms with E-state index >= 15 is 0 Å². The van der Waals surface area contributed by atoms with Crippen LogP contribution in [0.5, 0.6) is 0 Å². The Morgan fingerprint density at radius 1 is 0.829 bits per heavy atom. The van der Waals surface area contributed by atoms with Crippen molar-refractivity contribution in [1.29, 1.82) is 0 Å². The number of hydrogen-bond acceptors (Lipinski definition) is 6. The summed E-state index contributed by atoms with van der Waals surface area (Å²) in [7, 11) is 0. The predicted octanol–water partition coefficient (Wildman–Crippen LogP) is 6.71. The lowest BCUT2D eigenvalue weighted by Gasteiger charge is -2.41. The standard InChI is InChI=1S/C33H31NO6S/c1-21-29(20-41-28-16-14-25(15-17-28)32(37)38)39-33(40-30(21)23-12-10-22(19-35)11-13-23)26-8-5-9-27(18-26)34-31(36)24-6-3-2-4-7-24/h2-18,21,29-30,33,35H,19-20H2,1H3,(H,34,36)(H,37,38). The Bertz CT molecular complexity index is 1480. The van der Waals surface area contributed by atoms with E-state index in [1.165, 1.54) is 0 Å². The van der Waals surface area contributed by atoms with Gasteiger partial charge in [-0.25, -0.2) is 4.79 Å². The molecule has 1 aliphatic heterocycles. The van der Waals surface area contributed by atoms with Crippen LogP contribution in [0.3, 0.4) is 0 Å². The van der Waals surface area contributed by atoms with Gasteiger partial charge < -0.3 is 25.0 Å². The van der Waals surface area contributed by atoms with Crippen molar-refractivity contribution >= 4 is 29.3 Å². The highest BCUT2D eigenvalue weighted by molar-refractivity contribution is 7.99. The first-order valence-corrected chi connectivity index (χ1v) is 14.3. The summed E-state index contributed by atoms with van der Waals surface area (Å²) < 4.78 is 13.1. The average Bonchev–Trinajstić information content (AvgIpc) is 3.01. The molecule has 1 saturated heterocycles. The molecule has 4 aromatic carbocycles. The van der Waals surface area contributed by atoms with Gasteiger partial charge in [0.1, 0.15) is 0 Å². The molecule has 5 rings (SSSR count). The van der Waals surface area contributed by atoms with Gasteiger partial charge in [-0.15, -0.1) is 11.8 Å². The quantitative estimate of drug-likeness (QED) is 0.192. The number of ether oxygens (including phenoxy) is 2. The van der Waals surface area contributed by atoms with E-state index in [4.69, 9.17) is 9.47 Å². The van der Waals surface area contributed by atoms with Crippen LogP contribution in [0.2, 0.25) is 0 Å². The molecule has 7 nitrogen and oxygen atoms in total. The number of nitrogens with one attached hydrogen (secondary N) is 1. The van der Waals surface area contributed by atoms with E-state index in [0.717, 1.165) is 21.6 Å². The molecule has 3 N–H and O–H groups in total. The van der Waals surface area contributed by atoms with Crippen molar-refractivity contribution in [3.8, 4) is 0 Å². The highest BCUT2D eigenvalue weighted by Crippen LogP contribution is 2.43. The summed E-state index contributed by atoms with van der Waals surface area (Å²) in [4.78, 5) is 24.9. The Labute approximate surface area is 243 Å². The van der Waals surface area contributed by atoms with Gasteiger partial charge in [0.05, 0.1) is 24.4 Å². The molecular formula is C33H31NO6S. The number of aliphatic hydroxyl groups excluding tert-OH is 1. The van der Waals surface area contributed by atoms with E-state index < -0.39 is 12.3 Å². The lowest BCUT2D eigenvalue weighted by molar-refractivity contribution is -0.268. The van der Waals surface area contributed by atoms with Gasteiger partial charge in [0.2, 0.25) is 0 Å². The maximum Gasteiger partial charge on any atom is 0.335 e. The number of anilines is 1. The molecule has 0 bridgehead atoms. The fourth-order valence-electron chi connectivity index (χ4n) is 4.74. The highest BCUT2D eigenvalue weighted by Gasteiger charge is 2.38. The second-order valence-corrected chi connectivity index (χ2v) is 11.0. The smallest absolute Gasteiger partial charge is 0.335 e. The van der Waals surface area contributed by atoms with Crippen LogP contribution < -0.4 is 5.32 Å². The maximum absolute atomic E-state index is 12.7. The van der Waals surface area contributed by atoms with E-state index in [0.29, 0.717) is 17.0 Å². The number of carboxylic acid groups (broad SMARTS) is 1. The van der Waals surface area contributed by atoms with E-state index in [9.17, 15) is 19.8 Å². The van der Waals surface area contributed by atoms with Crippen molar-refractivity contribution < 1.29 is 29.3 Å². The maximum atomic E-state index is 12.7. The summed E-state index contributed by atoms with van der Waals surface area (Å²) in [6.07, 6.45) is -1.14. The Kier molecular flexibility index (Phi) is 9.16. The molecular weight excluding hydrogens is 538 g/mol. The van der Waals surface area contributed by atoms with E-state index in [-0.39, 0.29) is 36.2 Å². The molecule has 0 spiro atoms. The summed E-state index contributed by atoms with van der Waals surface area (Å²) >= 11 is 1.60. The third-order valence-corrected chi connectivity index (χ3v) is 8.19. The Morgan fingerprint density at radius 2 is 1.56 bits per heavy atom. The first-order valence-electron chi connectivity index (χ1n) is 13.3. The first kappa shape index (κ1) is 28.6. The van der Waals surface area contributed by atoms with Crippen LogP contribution in [0.1, 0.15) is 56.7 Å². The predicted molar refractivity (Wildman–Crippen MR) is 158 cm³/mol. The molecule has 1 amide bonds. The van der Waals surface area contributed by atoms with E-state index in [2.05, 4.69) is 12.2 Å². The number of aliphatic hydroxyl groups is 1. The molecule has 41 heavy (non-hydrogen) atoms. The van der Waals surface area contributed by atoms with Crippen molar-refractivity contribution in [2.24, 2.45) is 5.92 Å². The number of benzene rings is 4. The number of aromatic carboxylic acids is 1. The number of rotatable bonds is 9. The number of thioether (sulfide) groups is 1. The van der Waals surface area contributed by atoms with Crippen molar-refractivity contribution in [2.45, 2.75) is 36.9 Å². The Morgan fingerprint density at radius 3 is 2.24 bits per heavy atom. The molecule has 0 aliphatic carbocycles. The zero-order valence-corrected chi connectivity index (χ0v) is 23.3. The average molecular weight is 570 g/mol. The summed E-state index contributed by atoms with van der Waals surface area (Å²) in [5.74, 6) is -0.531. The van der Waals surface area contributed by atoms with Crippen molar-refractivity contribution in [3.05, 3.63) is 131 Å². The lowest BCUT2D eigenvalue weighted by Crippen LogP contribution is -2.38.